The van der Waals surface area contributed by atoms with Crippen molar-refractivity contribution in [2.75, 3.05) is 25.9 Å². The summed E-state index contributed by atoms with van der Waals surface area (Å²) in [5.41, 5.74) is 7.63. The van der Waals surface area contributed by atoms with Gasteiger partial charge in [0.05, 0.1) is 0 Å². The molecule has 0 aliphatic carbocycles. The van der Waals surface area contributed by atoms with Gasteiger partial charge in [-0.25, -0.2) is 9.97 Å². The minimum atomic E-state index is -0.512. The molecule has 0 bridgehead atoms. The Bertz CT molecular complexity index is 834. The predicted molar refractivity (Wildman–Crippen MR) is 99.2 cm³/mol. The second kappa shape index (κ2) is 7.35. The third-order valence-electron chi connectivity index (χ3n) is 4.48. The number of hydrogen-bond donors (Lipinski definition) is 1. The zero-order valence-corrected chi connectivity index (χ0v) is 14.6. The van der Waals surface area contributed by atoms with Crippen LogP contribution in [0.2, 0.25) is 0 Å². The standard InChI is InChI=1S/C19H21N5O2/c1-3-5-16-18(26)23(2)8-9-24(16)17(25)14-7-4-6-13(10-14)15-11-21-19(20)22-12-15/h3-4,6-7,10-12,16H,1,5,8-9H2,2H3,(H2,20,21,22). The Morgan fingerprint density at radius 1 is 1.31 bits per heavy atom. The van der Waals surface area contributed by atoms with Crippen LogP contribution in [0.3, 0.4) is 0 Å². The van der Waals surface area contributed by atoms with Crippen LogP contribution in [-0.2, 0) is 4.79 Å². The van der Waals surface area contributed by atoms with Crippen LogP contribution in [0, 0.1) is 0 Å². The first-order valence-electron chi connectivity index (χ1n) is 8.36. The first-order chi connectivity index (χ1) is 12.5. The molecule has 1 aromatic carbocycles. The Hall–Kier alpha value is -3.22. The van der Waals surface area contributed by atoms with Gasteiger partial charge in [0.1, 0.15) is 6.04 Å². The van der Waals surface area contributed by atoms with Crippen molar-refractivity contribution >= 4 is 17.8 Å². The van der Waals surface area contributed by atoms with E-state index in [2.05, 4.69) is 16.5 Å². The van der Waals surface area contributed by atoms with Crippen molar-refractivity contribution in [2.24, 2.45) is 0 Å². The van der Waals surface area contributed by atoms with Crippen molar-refractivity contribution in [1.82, 2.24) is 19.8 Å². The third kappa shape index (κ3) is 3.42. The third-order valence-corrected chi connectivity index (χ3v) is 4.48. The van der Waals surface area contributed by atoms with Crippen molar-refractivity contribution in [3.63, 3.8) is 0 Å². The molecule has 7 nitrogen and oxygen atoms in total. The second-order valence-corrected chi connectivity index (χ2v) is 6.21. The van der Waals surface area contributed by atoms with E-state index in [-0.39, 0.29) is 17.8 Å². The highest BCUT2D eigenvalue weighted by molar-refractivity contribution is 5.99. The van der Waals surface area contributed by atoms with E-state index in [9.17, 15) is 9.59 Å². The number of rotatable bonds is 4. The molecular formula is C19H21N5O2. The summed E-state index contributed by atoms with van der Waals surface area (Å²) in [6.45, 7) is 4.72. The molecule has 2 aromatic rings. The molecule has 1 unspecified atom stereocenters. The molecule has 0 radical (unpaired) electrons. The fraction of sp³-hybridized carbons (Fsp3) is 0.263. The number of piperazine rings is 1. The molecule has 1 saturated heterocycles. The lowest BCUT2D eigenvalue weighted by atomic mass is 10.0. The fourth-order valence-corrected chi connectivity index (χ4v) is 3.03. The van der Waals surface area contributed by atoms with E-state index < -0.39 is 6.04 Å². The SMILES string of the molecule is C=CCC1C(=O)N(C)CCN1C(=O)c1cccc(-c2cnc(N)nc2)c1. The Morgan fingerprint density at radius 3 is 2.73 bits per heavy atom. The van der Waals surface area contributed by atoms with Crippen LogP contribution in [0.15, 0.2) is 49.3 Å². The molecule has 0 spiro atoms. The van der Waals surface area contributed by atoms with Crippen LogP contribution >= 0.6 is 0 Å². The van der Waals surface area contributed by atoms with Gasteiger partial charge >= 0.3 is 0 Å². The van der Waals surface area contributed by atoms with Crippen molar-refractivity contribution in [3.05, 3.63) is 54.9 Å². The summed E-state index contributed by atoms with van der Waals surface area (Å²) < 4.78 is 0. The monoisotopic (exact) mass is 351 g/mol. The molecule has 7 heteroatoms. The Morgan fingerprint density at radius 2 is 2.04 bits per heavy atom. The molecule has 2 amide bonds. The van der Waals surface area contributed by atoms with E-state index in [1.807, 2.05) is 6.07 Å². The lowest BCUT2D eigenvalue weighted by Gasteiger charge is -2.38. The number of carbonyl (C=O) groups excluding carboxylic acids is 2. The Kier molecular flexibility index (Phi) is 4.97. The minimum absolute atomic E-state index is 0.0624. The van der Waals surface area contributed by atoms with Gasteiger partial charge < -0.3 is 15.5 Å². The van der Waals surface area contributed by atoms with Gasteiger partial charge in [-0.3, -0.25) is 9.59 Å². The summed E-state index contributed by atoms with van der Waals surface area (Å²) in [6, 6.07) is 6.70. The average molecular weight is 351 g/mol. The number of aromatic nitrogens is 2. The number of amides is 2. The van der Waals surface area contributed by atoms with Crippen molar-refractivity contribution < 1.29 is 9.59 Å². The number of likely N-dealkylation sites (N-methyl/N-ethyl adjacent to an activating group) is 1. The molecule has 2 N–H and O–H groups in total. The highest BCUT2D eigenvalue weighted by Gasteiger charge is 2.35. The van der Waals surface area contributed by atoms with Crippen LogP contribution in [0.5, 0.6) is 0 Å². The zero-order valence-electron chi connectivity index (χ0n) is 14.6. The minimum Gasteiger partial charge on any atom is -0.368 e. The molecule has 1 aromatic heterocycles. The summed E-state index contributed by atoms with van der Waals surface area (Å²) in [6.07, 6.45) is 5.34. The number of nitrogens with zero attached hydrogens (tertiary/aromatic N) is 4. The maximum absolute atomic E-state index is 13.0. The molecule has 26 heavy (non-hydrogen) atoms. The highest BCUT2D eigenvalue weighted by Crippen LogP contribution is 2.22. The average Bonchev–Trinajstić information content (AvgIpc) is 2.66. The fourth-order valence-electron chi connectivity index (χ4n) is 3.03. The van der Waals surface area contributed by atoms with E-state index in [1.54, 1.807) is 53.5 Å². The van der Waals surface area contributed by atoms with Crippen LogP contribution < -0.4 is 5.73 Å². The number of anilines is 1. The van der Waals surface area contributed by atoms with Gasteiger partial charge in [-0.15, -0.1) is 6.58 Å². The van der Waals surface area contributed by atoms with Gasteiger partial charge in [-0.05, 0) is 24.1 Å². The van der Waals surface area contributed by atoms with E-state index in [4.69, 9.17) is 5.73 Å². The normalized spacial score (nSPS) is 17.3. The topological polar surface area (TPSA) is 92.4 Å². The molecule has 2 heterocycles. The van der Waals surface area contributed by atoms with Crippen molar-refractivity contribution in [2.45, 2.75) is 12.5 Å². The highest BCUT2D eigenvalue weighted by atomic mass is 16.2. The number of benzene rings is 1. The summed E-state index contributed by atoms with van der Waals surface area (Å²) >= 11 is 0. The smallest absolute Gasteiger partial charge is 0.254 e. The Balaban J connectivity index is 1.89. The molecule has 1 aliphatic heterocycles. The number of hydrogen-bond acceptors (Lipinski definition) is 5. The van der Waals surface area contributed by atoms with Crippen molar-refractivity contribution in [3.8, 4) is 11.1 Å². The van der Waals surface area contributed by atoms with Gasteiger partial charge in [0.15, 0.2) is 0 Å². The quantitative estimate of drug-likeness (QED) is 0.845. The largest absolute Gasteiger partial charge is 0.368 e. The van der Waals surface area contributed by atoms with Crippen LogP contribution in [0.4, 0.5) is 5.95 Å². The maximum Gasteiger partial charge on any atom is 0.254 e. The van der Waals surface area contributed by atoms with E-state index >= 15 is 0 Å². The maximum atomic E-state index is 13.0. The predicted octanol–water partition coefficient (Wildman–Crippen LogP) is 1.58. The molecule has 3 rings (SSSR count). The van der Waals surface area contributed by atoms with Gasteiger partial charge in [-0.1, -0.05) is 18.2 Å². The summed E-state index contributed by atoms with van der Waals surface area (Å²) in [4.78, 5) is 36.7. The second-order valence-electron chi connectivity index (χ2n) is 6.21. The lowest BCUT2D eigenvalue weighted by Crippen LogP contribution is -2.57. The zero-order chi connectivity index (χ0) is 18.7. The molecule has 0 saturated carbocycles. The van der Waals surface area contributed by atoms with Crippen molar-refractivity contribution in [1.29, 1.82) is 0 Å². The first-order valence-corrected chi connectivity index (χ1v) is 8.36. The van der Waals surface area contributed by atoms with Crippen LogP contribution in [0.1, 0.15) is 16.8 Å². The van der Waals surface area contributed by atoms with Crippen LogP contribution in [0.25, 0.3) is 11.1 Å². The molecule has 1 atom stereocenters. The summed E-state index contributed by atoms with van der Waals surface area (Å²) in [7, 11) is 1.75. The summed E-state index contributed by atoms with van der Waals surface area (Å²) in [5.74, 6) is -0.0340. The van der Waals surface area contributed by atoms with E-state index in [0.717, 1.165) is 11.1 Å². The lowest BCUT2D eigenvalue weighted by molar-refractivity contribution is -0.138. The van der Waals surface area contributed by atoms with Gasteiger partial charge in [0.25, 0.3) is 5.91 Å². The number of nitrogens with two attached hydrogens (primary N) is 1. The van der Waals surface area contributed by atoms with E-state index in [0.29, 0.717) is 25.1 Å². The van der Waals surface area contributed by atoms with Gasteiger partial charge in [-0.2, -0.15) is 0 Å². The number of carbonyl (C=O) groups is 2. The van der Waals surface area contributed by atoms with E-state index in [1.165, 1.54) is 0 Å². The molecular weight excluding hydrogens is 330 g/mol. The van der Waals surface area contributed by atoms with Crippen LogP contribution in [-0.4, -0.2) is 57.8 Å². The summed E-state index contributed by atoms with van der Waals surface area (Å²) in [5, 5.41) is 0. The number of nitrogen functional groups attached to an aromatic ring is 1. The molecule has 1 aliphatic rings. The van der Waals surface area contributed by atoms with Gasteiger partial charge in [0.2, 0.25) is 11.9 Å². The molecule has 1 fully saturated rings. The van der Waals surface area contributed by atoms with Gasteiger partial charge in [0, 0.05) is 43.7 Å². The molecule has 134 valence electrons. The Labute approximate surface area is 152 Å². The first kappa shape index (κ1) is 17.6.